The molecule has 1 saturated heterocycles. The van der Waals surface area contributed by atoms with Crippen LogP contribution in [-0.4, -0.2) is 29.1 Å². The first-order valence-corrected chi connectivity index (χ1v) is 5.48. The molecule has 82 valence electrons. The molecule has 0 spiro atoms. The Balaban J connectivity index is 2.15. The largest absolute Gasteiger partial charge is 0.356 e. The third kappa shape index (κ3) is 2.45. The molecule has 0 radical (unpaired) electrons. The molecule has 0 aromatic carbocycles. The van der Waals surface area contributed by atoms with Crippen molar-refractivity contribution in [2.75, 3.05) is 18.0 Å². The molecule has 0 aliphatic carbocycles. The van der Waals surface area contributed by atoms with Crippen molar-refractivity contribution in [2.45, 2.75) is 32.7 Å². The summed E-state index contributed by atoms with van der Waals surface area (Å²) < 4.78 is 0. The van der Waals surface area contributed by atoms with Crippen LogP contribution < -0.4 is 10.6 Å². The first kappa shape index (κ1) is 10.4. The van der Waals surface area contributed by atoms with Crippen molar-refractivity contribution in [3.8, 4) is 0 Å². The summed E-state index contributed by atoms with van der Waals surface area (Å²) in [5.41, 5.74) is 6.91. The standard InChI is InChI=1S/C11H18N4/c1-8-7-11(14-9(2)13-8)15-5-3-10(12)4-6-15/h7,10H,3-6,12H2,1-2H3. The monoisotopic (exact) mass is 206 g/mol. The molecule has 4 nitrogen and oxygen atoms in total. The first-order valence-electron chi connectivity index (χ1n) is 5.48. The topological polar surface area (TPSA) is 55.0 Å². The Labute approximate surface area is 90.5 Å². The van der Waals surface area contributed by atoms with E-state index >= 15 is 0 Å². The van der Waals surface area contributed by atoms with Crippen LogP contribution in [0.1, 0.15) is 24.4 Å². The second-order valence-electron chi connectivity index (χ2n) is 4.24. The summed E-state index contributed by atoms with van der Waals surface area (Å²) in [6.45, 7) is 5.97. The molecule has 0 atom stereocenters. The Hall–Kier alpha value is -1.16. The maximum Gasteiger partial charge on any atom is 0.132 e. The van der Waals surface area contributed by atoms with E-state index in [2.05, 4.69) is 14.9 Å². The van der Waals surface area contributed by atoms with E-state index in [4.69, 9.17) is 5.73 Å². The number of piperidine rings is 1. The third-order valence-electron chi connectivity index (χ3n) is 2.82. The number of nitrogens with zero attached hydrogens (tertiary/aromatic N) is 3. The van der Waals surface area contributed by atoms with Gasteiger partial charge in [0, 0.05) is 30.9 Å². The van der Waals surface area contributed by atoms with Crippen molar-refractivity contribution in [2.24, 2.45) is 5.73 Å². The molecule has 0 bridgehead atoms. The summed E-state index contributed by atoms with van der Waals surface area (Å²) in [7, 11) is 0. The zero-order chi connectivity index (χ0) is 10.8. The van der Waals surface area contributed by atoms with E-state index in [1.807, 2.05) is 19.9 Å². The summed E-state index contributed by atoms with van der Waals surface area (Å²) in [6, 6.07) is 2.41. The lowest BCUT2D eigenvalue weighted by Crippen LogP contribution is -2.40. The molecule has 1 aliphatic rings. The quantitative estimate of drug-likeness (QED) is 0.745. The van der Waals surface area contributed by atoms with E-state index in [1.165, 1.54) is 0 Å². The maximum absolute atomic E-state index is 5.88. The van der Waals surface area contributed by atoms with E-state index in [0.29, 0.717) is 6.04 Å². The molecule has 1 aromatic rings. The van der Waals surface area contributed by atoms with Crippen LogP contribution in [0.4, 0.5) is 5.82 Å². The second kappa shape index (κ2) is 4.14. The normalized spacial score (nSPS) is 18.2. The van der Waals surface area contributed by atoms with Gasteiger partial charge >= 0.3 is 0 Å². The zero-order valence-corrected chi connectivity index (χ0v) is 9.40. The highest BCUT2D eigenvalue weighted by Crippen LogP contribution is 2.17. The van der Waals surface area contributed by atoms with Gasteiger partial charge in [-0.15, -0.1) is 0 Å². The number of aromatic nitrogens is 2. The van der Waals surface area contributed by atoms with Gasteiger partial charge in [-0.25, -0.2) is 9.97 Å². The van der Waals surface area contributed by atoms with Crippen molar-refractivity contribution >= 4 is 5.82 Å². The average Bonchev–Trinajstić information content (AvgIpc) is 2.17. The van der Waals surface area contributed by atoms with Crippen LogP contribution in [0.2, 0.25) is 0 Å². The van der Waals surface area contributed by atoms with E-state index in [0.717, 1.165) is 43.3 Å². The highest BCUT2D eigenvalue weighted by Gasteiger charge is 2.17. The van der Waals surface area contributed by atoms with Crippen LogP contribution in [0.25, 0.3) is 0 Å². The Morgan fingerprint density at radius 2 is 1.93 bits per heavy atom. The molecule has 0 saturated carbocycles. The summed E-state index contributed by atoms with van der Waals surface area (Å²) in [6.07, 6.45) is 2.12. The number of nitrogens with two attached hydrogens (primary N) is 1. The summed E-state index contributed by atoms with van der Waals surface area (Å²) in [4.78, 5) is 11.0. The van der Waals surface area contributed by atoms with Gasteiger partial charge in [-0.3, -0.25) is 0 Å². The zero-order valence-electron chi connectivity index (χ0n) is 9.40. The van der Waals surface area contributed by atoms with Gasteiger partial charge in [-0.05, 0) is 26.7 Å². The minimum absolute atomic E-state index is 0.366. The molecule has 15 heavy (non-hydrogen) atoms. The van der Waals surface area contributed by atoms with Crippen LogP contribution >= 0.6 is 0 Å². The van der Waals surface area contributed by atoms with Gasteiger partial charge in [0.2, 0.25) is 0 Å². The number of aryl methyl sites for hydroxylation is 2. The molecule has 2 heterocycles. The molecule has 1 fully saturated rings. The predicted molar refractivity (Wildman–Crippen MR) is 60.9 cm³/mol. The summed E-state index contributed by atoms with van der Waals surface area (Å²) >= 11 is 0. The van der Waals surface area contributed by atoms with Crippen LogP contribution in [0, 0.1) is 13.8 Å². The lowest BCUT2D eigenvalue weighted by atomic mass is 10.1. The molecule has 1 aliphatic heterocycles. The van der Waals surface area contributed by atoms with Gasteiger partial charge in [0.05, 0.1) is 0 Å². The highest BCUT2D eigenvalue weighted by molar-refractivity contribution is 5.40. The Morgan fingerprint density at radius 3 is 2.53 bits per heavy atom. The molecule has 4 heteroatoms. The fraction of sp³-hybridized carbons (Fsp3) is 0.636. The number of rotatable bonds is 1. The minimum Gasteiger partial charge on any atom is -0.356 e. The lowest BCUT2D eigenvalue weighted by Gasteiger charge is -2.31. The smallest absolute Gasteiger partial charge is 0.132 e. The molecular formula is C11H18N4. The van der Waals surface area contributed by atoms with E-state index in [1.54, 1.807) is 0 Å². The van der Waals surface area contributed by atoms with Crippen molar-refractivity contribution in [1.29, 1.82) is 0 Å². The van der Waals surface area contributed by atoms with Crippen molar-refractivity contribution in [3.63, 3.8) is 0 Å². The molecule has 0 unspecified atom stereocenters. The fourth-order valence-electron chi connectivity index (χ4n) is 1.99. The number of hydrogen-bond acceptors (Lipinski definition) is 4. The summed E-state index contributed by atoms with van der Waals surface area (Å²) in [5, 5.41) is 0. The van der Waals surface area contributed by atoms with Crippen LogP contribution in [-0.2, 0) is 0 Å². The van der Waals surface area contributed by atoms with Crippen LogP contribution in [0.5, 0.6) is 0 Å². The van der Waals surface area contributed by atoms with E-state index in [9.17, 15) is 0 Å². The molecular weight excluding hydrogens is 188 g/mol. The average molecular weight is 206 g/mol. The maximum atomic E-state index is 5.88. The Kier molecular flexibility index (Phi) is 2.86. The van der Waals surface area contributed by atoms with Gasteiger partial charge < -0.3 is 10.6 Å². The Bertz CT molecular complexity index is 322. The predicted octanol–water partition coefficient (Wildman–Crippen LogP) is 1.02. The third-order valence-corrected chi connectivity index (χ3v) is 2.82. The highest BCUT2D eigenvalue weighted by atomic mass is 15.2. The molecule has 1 aromatic heterocycles. The number of anilines is 1. The lowest BCUT2D eigenvalue weighted by molar-refractivity contribution is 0.498. The SMILES string of the molecule is Cc1cc(N2CCC(N)CC2)nc(C)n1. The summed E-state index contributed by atoms with van der Waals surface area (Å²) in [5.74, 6) is 1.90. The minimum atomic E-state index is 0.366. The van der Waals surface area contributed by atoms with Crippen molar-refractivity contribution in [1.82, 2.24) is 9.97 Å². The van der Waals surface area contributed by atoms with Gasteiger partial charge in [0.1, 0.15) is 11.6 Å². The molecule has 0 amide bonds. The van der Waals surface area contributed by atoms with E-state index < -0.39 is 0 Å². The van der Waals surface area contributed by atoms with Gasteiger partial charge in [0.15, 0.2) is 0 Å². The van der Waals surface area contributed by atoms with Gasteiger partial charge in [-0.2, -0.15) is 0 Å². The van der Waals surface area contributed by atoms with Crippen LogP contribution in [0.3, 0.4) is 0 Å². The van der Waals surface area contributed by atoms with Gasteiger partial charge in [-0.1, -0.05) is 0 Å². The van der Waals surface area contributed by atoms with Gasteiger partial charge in [0.25, 0.3) is 0 Å². The first-order chi connectivity index (χ1) is 7.15. The van der Waals surface area contributed by atoms with Crippen LogP contribution in [0.15, 0.2) is 6.07 Å². The second-order valence-corrected chi connectivity index (χ2v) is 4.24. The van der Waals surface area contributed by atoms with E-state index in [-0.39, 0.29) is 0 Å². The fourth-order valence-corrected chi connectivity index (χ4v) is 1.99. The molecule has 2 rings (SSSR count). The Morgan fingerprint density at radius 1 is 1.27 bits per heavy atom. The molecule has 2 N–H and O–H groups in total. The van der Waals surface area contributed by atoms with Crippen molar-refractivity contribution < 1.29 is 0 Å². The van der Waals surface area contributed by atoms with Crippen molar-refractivity contribution in [3.05, 3.63) is 17.6 Å². The number of hydrogen-bond donors (Lipinski definition) is 1.